The molecule has 2 aromatic rings. The summed E-state index contributed by atoms with van der Waals surface area (Å²) >= 11 is 0. The van der Waals surface area contributed by atoms with Gasteiger partial charge in [-0.15, -0.1) is 0 Å². The Morgan fingerprint density at radius 1 is 0.812 bits per heavy atom. The van der Waals surface area contributed by atoms with Gasteiger partial charge in [-0.2, -0.15) is 0 Å². The molecule has 0 atom stereocenters. The third-order valence-corrected chi connectivity index (χ3v) is 1.83. The SMILES string of the molecule is [N-]=[N+]=NCc1ccccc1.c1ccccc1. The summed E-state index contributed by atoms with van der Waals surface area (Å²) < 4.78 is 0. The summed E-state index contributed by atoms with van der Waals surface area (Å²) in [6.45, 7) is 0.442. The Morgan fingerprint density at radius 2 is 1.25 bits per heavy atom. The number of nitrogens with zero attached hydrogens (tertiary/aromatic N) is 3. The number of azide groups is 1. The van der Waals surface area contributed by atoms with Crippen LogP contribution in [0.4, 0.5) is 0 Å². The van der Waals surface area contributed by atoms with E-state index in [1.165, 1.54) is 0 Å². The van der Waals surface area contributed by atoms with Crippen LogP contribution in [-0.4, -0.2) is 0 Å². The second-order valence-electron chi connectivity index (χ2n) is 3.03. The van der Waals surface area contributed by atoms with Crippen LogP contribution in [0, 0.1) is 0 Å². The Kier molecular flexibility index (Phi) is 5.98. The summed E-state index contributed by atoms with van der Waals surface area (Å²) in [6.07, 6.45) is 0. The minimum atomic E-state index is 0.442. The van der Waals surface area contributed by atoms with E-state index >= 15 is 0 Å². The highest BCUT2D eigenvalue weighted by molar-refractivity contribution is 5.14. The van der Waals surface area contributed by atoms with E-state index in [-0.39, 0.29) is 0 Å². The lowest BCUT2D eigenvalue weighted by atomic mass is 10.2. The van der Waals surface area contributed by atoms with E-state index in [0.29, 0.717) is 6.54 Å². The van der Waals surface area contributed by atoms with Crippen molar-refractivity contribution in [2.75, 3.05) is 0 Å². The van der Waals surface area contributed by atoms with E-state index in [1.807, 2.05) is 66.7 Å². The van der Waals surface area contributed by atoms with Crippen LogP contribution in [-0.2, 0) is 6.54 Å². The first-order chi connectivity index (χ1) is 7.93. The van der Waals surface area contributed by atoms with Crippen LogP contribution in [0.15, 0.2) is 71.8 Å². The third-order valence-electron chi connectivity index (χ3n) is 1.83. The van der Waals surface area contributed by atoms with Crippen molar-refractivity contribution < 1.29 is 0 Å². The molecule has 0 heterocycles. The highest BCUT2D eigenvalue weighted by Gasteiger charge is 1.83. The second-order valence-corrected chi connectivity index (χ2v) is 3.03. The average molecular weight is 211 g/mol. The molecule has 0 radical (unpaired) electrons. The molecule has 0 aromatic heterocycles. The van der Waals surface area contributed by atoms with Crippen LogP contribution < -0.4 is 0 Å². The first-order valence-corrected chi connectivity index (χ1v) is 4.98. The van der Waals surface area contributed by atoms with Crippen LogP contribution in [0.3, 0.4) is 0 Å². The topological polar surface area (TPSA) is 48.8 Å². The standard InChI is InChI=1S/C7H7N3.C6H6/c8-10-9-6-7-4-2-1-3-5-7;1-2-4-6-5-3-1/h1-5H,6H2;1-6H. The lowest BCUT2D eigenvalue weighted by Gasteiger charge is -1.90. The molecule has 3 heteroatoms. The van der Waals surface area contributed by atoms with E-state index in [9.17, 15) is 0 Å². The fourth-order valence-electron chi connectivity index (χ4n) is 1.08. The largest absolute Gasteiger partial charge is 0.0893 e. The summed E-state index contributed by atoms with van der Waals surface area (Å²) in [5, 5.41) is 3.42. The summed E-state index contributed by atoms with van der Waals surface area (Å²) in [4.78, 5) is 2.66. The van der Waals surface area contributed by atoms with Crippen molar-refractivity contribution in [1.29, 1.82) is 0 Å². The van der Waals surface area contributed by atoms with Crippen molar-refractivity contribution in [3.63, 3.8) is 0 Å². The average Bonchev–Trinajstić information content (AvgIpc) is 2.40. The minimum Gasteiger partial charge on any atom is -0.0893 e. The third kappa shape index (κ3) is 5.47. The van der Waals surface area contributed by atoms with Gasteiger partial charge in [0.15, 0.2) is 0 Å². The zero-order valence-corrected chi connectivity index (χ0v) is 8.90. The summed E-state index contributed by atoms with van der Waals surface area (Å²) in [5.74, 6) is 0. The normalized spacial score (nSPS) is 8.25. The lowest BCUT2D eigenvalue weighted by molar-refractivity contribution is 1.05. The maximum Gasteiger partial charge on any atom is 0.0510 e. The van der Waals surface area contributed by atoms with Gasteiger partial charge < -0.3 is 0 Å². The Labute approximate surface area is 95.0 Å². The van der Waals surface area contributed by atoms with Gasteiger partial charge in [-0.25, -0.2) is 0 Å². The van der Waals surface area contributed by atoms with Crippen LogP contribution in [0.5, 0.6) is 0 Å². The van der Waals surface area contributed by atoms with Crippen LogP contribution in [0.25, 0.3) is 10.4 Å². The minimum absolute atomic E-state index is 0.442. The van der Waals surface area contributed by atoms with Gasteiger partial charge in [-0.05, 0) is 11.1 Å². The molecule has 80 valence electrons. The zero-order chi connectivity index (χ0) is 11.5. The first kappa shape index (κ1) is 11.8. The summed E-state index contributed by atoms with van der Waals surface area (Å²) in [6, 6.07) is 21.6. The molecule has 0 fully saturated rings. The molecule has 0 aliphatic carbocycles. The molecule has 0 spiro atoms. The number of hydrogen-bond acceptors (Lipinski definition) is 1. The molecule has 0 saturated carbocycles. The quantitative estimate of drug-likeness (QED) is 0.406. The molecule has 2 aromatic carbocycles. The van der Waals surface area contributed by atoms with Gasteiger partial charge in [0.1, 0.15) is 0 Å². The van der Waals surface area contributed by atoms with Crippen LogP contribution >= 0.6 is 0 Å². The highest BCUT2D eigenvalue weighted by atomic mass is 15.1. The highest BCUT2D eigenvalue weighted by Crippen LogP contribution is 1.99. The van der Waals surface area contributed by atoms with Crippen molar-refractivity contribution in [2.24, 2.45) is 5.11 Å². The second kappa shape index (κ2) is 8.09. The van der Waals surface area contributed by atoms with Crippen LogP contribution in [0.2, 0.25) is 0 Å². The molecule has 0 aliphatic heterocycles. The number of hydrogen-bond donors (Lipinski definition) is 0. The number of benzene rings is 2. The van der Waals surface area contributed by atoms with E-state index < -0.39 is 0 Å². The van der Waals surface area contributed by atoms with E-state index in [2.05, 4.69) is 10.0 Å². The molecular weight excluding hydrogens is 198 g/mol. The predicted molar refractivity (Wildman–Crippen MR) is 65.7 cm³/mol. The fraction of sp³-hybridized carbons (Fsp3) is 0.0769. The smallest absolute Gasteiger partial charge is 0.0510 e. The molecule has 0 saturated heterocycles. The monoisotopic (exact) mass is 211 g/mol. The molecule has 2 rings (SSSR count). The Balaban J connectivity index is 0.000000181. The van der Waals surface area contributed by atoms with Gasteiger partial charge in [0, 0.05) is 4.91 Å². The summed E-state index contributed by atoms with van der Waals surface area (Å²) in [7, 11) is 0. The van der Waals surface area contributed by atoms with Crippen molar-refractivity contribution >= 4 is 0 Å². The van der Waals surface area contributed by atoms with Gasteiger partial charge in [0.2, 0.25) is 0 Å². The predicted octanol–water partition coefficient (Wildman–Crippen LogP) is 4.18. The number of rotatable bonds is 2. The van der Waals surface area contributed by atoms with E-state index in [4.69, 9.17) is 5.53 Å². The molecule has 0 amide bonds. The summed E-state index contributed by atoms with van der Waals surface area (Å²) in [5.41, 5.74) is 9.03. The lowest BCUT2D eigenvalue weighted by Crippen LogP contribution is -1.75. The van der Waals surface area contributed by atoms with Crippen molar-refractivity contribution in [2.45, 2.75) is 6.54 Å². The Bertz CT molecular complexity index is 393. The zero-order valence-electron chi connectivity index (χ0n) is 8.90. The van der Waals surface area contributed by atoms with E-state index in [1.54, 1.807) is 0 Å². The Hall–Kier alpha value is -2.25. The maximum atomic E-state index is 7.99. The Morgan fingerprint density at radius 3 is 1.69 bits per heavy atom. The fourth-order valence-corrected chi connectivity index (χ4v) is 1.08. The van der Waals surface area contributed by atoms with Gasteiger partial charge >= 0.3 is 0 Å². The van der Waals surface area contributed by atoms with Gasteiger partial charge in [-0.1, -0.05) is 71.8 Å². The molecule has 0 unspecified atom stereocenters. The molecule has 0 bridgehead atoms. The molecular formula is C13H13N3. The van der Waals surface area contributed by atoms with Crippen molar-refractivity contribution in [3.05, 3.63) is 82.7 Å². The van der Waals surface area contributed by atoms with Gasteiger partial charge in [0.25, 0.3) is 0 Å². The van der Waals surface area contributed by atoms with Crippen LogP contribution in [0.1, 0.15) is 5.56 Å². The molecule has 16 heavy (non-hydrogen) atoms. The van der Waals surface area contributed by atoms with Crippen molar-refractivity contribution in [3.8, 4) is 0 Å². The molecule has 0 aliphatic rings. The van der Waals surface area contributed by atoms with E-state index in [0.717, 1.165) is 5.56 Å². The van der Waals surface area contributed by atoms with Crippen molar-refractivity contribution in [1.82, 2.24) is 0 Å². The van der Waals surface area contributed by atoms with Gasteiger partial charge in [0.05, 0.1) is 6.54 Å². The first-order valence-electron chi connectivity index (χ1n) is 4.98. The van der Waals surface area contributed by atoms with Gasteiger partial charge in [-0.3, -0.25) is 0 Å². The molecule has 0 N–H and O–H groups in total. The maximum absolute atomic E-state index is 7.99. The molecule has 3 nitrogen and oxygen atoms in total.